The third-order valence-corrected chi connectivity index (χ3v) is 1.91. The molecule has 0 N–H and O–H groups in total. The Morgan fingerprint density at radius 2 is 2.08 bits per heavy atom. The second kappa shape index (κ2) is 4.47. The van der Waals surface area contributed by atoms with Gasteiger partial charge in [-0.25, -0.2) is 0 Å². The maximum absolute atomic E-state index is 8.94. The van der Waals surface area contributed by atoms with E-state index in [4.69, 9.17) is 5.26 Å². The fourth-order valence-corrected chi connectivity index (χ4v) is 1.27. The Hall–Kier alpha value is -1.55. The van der Waals surface area contributed by atoms with Gasteiger partial charge in [-0.1, -0.05) is 35.9 Å². The van der Waals surface area contributed by atoms with Crippen LogP contribution in [0.1, 0.15) is 24.8 Å². The molecule has 13 heavy (non-hydrogen) atoms. The van der Waals surface area contributed by atoms with E-state index in [1.54, 1.807) is 0 Å². The van der Waals surface area contributed by atoms with Crippen molar-refractivity contribution in [2.24, 2.45) is 0 Å². The molecule has 0 amide bonds. The van der Waals surface area contributed by atoms with E-state index in [9.17, 15) is 0 Å². The van der Waals surface area contributed by atoms with Crippen LogP contribution < -0.4 is 0 Å². The van der Waals surface area contributed by atoms with Crippen molar-refractivity contribution in [3.05, 3.63) is 48.0 Å². The van der Waals surface area contributed by atoms with Gasteiger partial charge in [0.25, 0.3) is 0 Å². The Balaban J connectivity index is 2.80. The first-order valence-corrected chi connectivity index (χ1v) is 4.33. The topological polar surface area (TPSA) is 23.8 Å². The summed E-state index contributed by atoms with van der Waals surface area (Å²) in [7, 11) is 0. The van der Waals surface area contributed by atoms with E-state index in [-0.39, 0.29) is 5.92 Å². The molecule has 0 spiro atoms. The van der Waals surface area contributed by atoms with E-state index in [0.717, 1.165) is 17.6 Å². The van der Waals surface area contributed by atoms with Crippen LogP contribution in [-0.4, -0.2) is 0 Å². The van der Waals surface area contributed by atoms with E-state index < -0.39 is 0 Å². The summed E-state index contributed by atoms with van der Waals surface area (Å²) in [6.07, 6.45) is 0.751. The first-order valence-electron chi connectivity index (χ1n) is 4.33. The van der Waals surface area contributed by atoms with Gasteiger partial charge < -0.3 is 0 Å². The van der Waals surface area contributed by atoms with Gasteiger partial charge in [0, 0.05) is 0 Å². The van der Waals surface area contributed by atoms with Crippen LogP contribution in [0.25, 0.3) is 0 Å². The number of allylic oxidation sites excluding steroid dienone is 1. The van der Waals surface area contributed by atoms with Crippen LogP contribution in [0.15, 0.2) is 42.5 Å². The van der Waals surface area contributed by atoms with E-state index in [2.05, 4.69) is 12.6 Å². The molecule has 0 bridgehead atoms. The summed E-state index contributed by atoms with van der Waals surface area (Å²) in [4.78, 5) is 0. The average molecular weight is 171 g/mol. The number of hydrogen-bond acceptors (Lipinski definition) is 1. The fourth-order valence-electron chi connectivity index (χ4n) is 1.27. The molecule has 0 radical (unpaired) electrons. The van der Waals surface area contributed by atoms with Crippen LogP contribution in [0.3, 0.4) is 0 Å². The average Bonchev–Trinajstić information content (AvgIpc) is 2.15. The summed E-state index contributed by atoms with van der Waals surface area (Å²) in [6, 6.07) is 12.1. The van der Waals surface area contributed by atoms with Gasteiger partial charge in [-0.05, 0) is 18.9 Å². The Morgan fingerprint density at radius 1 is 1.46 bits per heavy atom. The lowest BCUT2D eigenvalue weighted by Crippen LogP contribution is -1.95. The molecule has 0 aromatic heterocycles. The molecule has 0 aliphatic rings. The molecule has 1 unspecified atom stereocenters. The zero-order valence-electron chi connectivity index (χ0n) is 7.83. The molecule has 1 aromatic rings. The number of rotatable bonds is 3. The number of nitriles is 1. The van der Waals surface area contributed by atoms with Crippen molar-refractivity contribution in [2.75, 3.05) is 0 Å². The van der Waals surface area contributed by atoms with E-state index >= 15 is 0 Å². The van der Waals surface area contributed by atoms with Crippen molar-refractivity contribution >= 4 is 0 Å². The van der Waals surface area contributed by atoms with Gasteiger partial charge in [0.2, 0.25) is 0 Å². The van der Waals surface area contributed by atoms with Crippen LogP contribution in [-0.2, 0) is 0 Å². The second-order valence-corrected chi connectivity index (χ2v) is 3.25. The summed E-state index contributed by atoms with van der Waals surface area (Å²) in [5.41, 5.74) is 2.13. The van der Waals surface area contributed by atoms with Crippen molar-refractivity contribution in [3.8, 4) is 6.07 Å². The van der Waals surface area contributed by atoms with Crippen molar-refractivity contribution < 1.29 is 0 Å². The predicted octanol–water partition coefficient (Wildman–Crippen LogP) is 3.26. The molecule has 1 atom stereocenters. The largest absolute Gasteiger partial charge is 0.198 e. The Morgan fingerprint density at radius 3 is 2.54 bits per heavy atom. The minimum Gasteiger partial charge on any atom is -0.198 e. The predicted molar refractivity (Wildman–Crippen MR) is 54.2 cm³/mol. The van der Waals surface area contributed by atoms with Crippen LogP contribution in [0, 0.1) is 11.3 Å². The summed E-state index contributed by atoms with van der Waals surface area (Å²) in [6.45, 7) is 5.77. The highest BCUT2D eigenvalue weighted by Gasteiger charge is 2.08. The molecule has 0 fully saturated rings. The zero-order chi connectivity index (χ0) is 9.68. The van der Waals surface area contributed by atoms with E-state index in [1.165, 1.54) is 0 Å². The van der Waals surface area contributed by atoms with Crippen LogP contribution in [0.4, 0.5) is 0 Å². The van der Waals surface area contributed by atoms with Gasteiger partial charge in [0.15, 0.2) is 0 Å². The molecule has 0 heterocycles. The Kier molecular flexibility index (Phi) is 3.28. The highest BCUT2D eigenvalue weighted by Crippen LogP contribution is 2.21. The molecule has 0 aliphatic carbocycles. The monoisotopic (exact) mass is 171 g/mol. The van der Waals surface area contributed by atoms with Crippen molar-refractivity contribution in [1.29, 1.82) is 5.26 Å². The first-order chi connectivity index (χ1) is 6.24. The minimum atomic E-state index is -0.0429. The van der Waals surface area contributed by atoms with Crippen LogP contribution in [0.5, 0.6) is 0 Å². The van der Waals surface area contributed by atoms with E-state index in [0.29, 0.717) is 0 Å². The zero-order valence-corrected chi connectivity index (χ0v) is 7.83. The Labute approximate surface area is 79.3 Å². The first kappa shape index (κ1) is 9.54. The number of benzene rings is 1. The summed E-state index contributed by atoms with van der Waals surface area (Å²) in [5, 5.41) is 8.94. The van der Waals surface area contributed by atoms with Crippen LogP contribution in [0.2, 0.25) is 0 Å². The summed E-state index contributed by atoms with van der Waals surface area (Å²) in [5.74, 6) is -0.0429. The summed E-state index contributed by atoms with van der Waals surface area (Å²) >= 11 is 0. The minimum absolute atomic E-state index is 0.0429. The molecule has 1 aromatic carbocycles. The van der Waals surface area contributed by atoms with Crippen LogP contribution >= 0.6 is 0 Å². The molecule has 1 heteroatoms. The summed E-state index contributed by atoms with van der Waals surface area (Å²) < 4.78 is 0. The molecular weight excluding hydrogens is 158 g/mol. The van der Waals surface area contributed by atoms with Gasteiger partial charge in [0.05, 0.1) is 12.0 Å². The van der Waals surface area contributed by atoms with E-state index in [1.807, 2.05) is 37.3 Å². The number of hydrogen-bond donors (Lipinski definition) is 0. The standard InChI is InChI=1S/C12H13N/c1-10(2)8-12(9-13)11-6-4-3-5-7-11/h3-7,12H,1,8H2,2H3. The molecule has 0 saturated carbocycles. The SMILES string of the molecule is C=C(C)CC(C#N)c1ccccc1. The highest BCUT2D eigenvalue weighted by atomic mass is 14.3. The molecule has 1 rings (SSSR count). The van der Waals surface area contributed by atoms with Gasteiger partial charge in [-0.15, -0.1) is 6.58 Å². The second-order valence-electron chi connectivity index (χ2n) is 3.25. The van der Waals surface area contributed by atoms with Gasteiger partial charge >= 0.3 is 0 Å². The van der Waals surface area contributed by atoms with Gasteiger partial charge in [-0.3, -0.25) is 0 Å². The highest BCUT2D eigenvalue weighted by molar-refractivity contribution is 5.26. The third-order valence-electron chi connectivity index (χ3n) is 1.91. The maximum Gasteiger partial charge on any atom is 0.0749 e. The fraction of sp³-hybridized carbons (Fsp3) is 0.250. The normalized spacial score (nSPS) is 11.7. The molecule has 0 aliphatic heterocycles. The smallest absolute Gasteiger partial charge is 0.0749 e. The lowest BCUT2D eigenvalue weighted by Gasteiger charge is -2.08. The Bertz CT molecular complexity index is 319. The van der Waals surface area contributed by atoms with Gasteiger partial charge in [0.1, 0.15) is 0 Å². The molecular formula is C12H13N. The third kappa shape index (κ3) is 2.76. The maximum atomic E-state index is 8.94. The quantitative estimate of drug-likeness (QED) is 0.640. The lowest BCUT2D eigenvalue weighted by molar-refractivity contribution is 0.840. The molecule has 1 nitrogen and oxygen atoms in total. The molecule has 66 valence electrons. The van der Waals surface area contributed by atoms with Crippen molar-refractivity contribution in [3.63, 3.8) is 0 Å². The number of nitrogens with zero attached hydrogens (tertiary/aromatic N) is 1. The lowest BCUT2D eigenvalue weighted by atomic mass is 9.94. The van der Waals surface area contributed by atoms with Crippen molar-refractivity contribution in [1.82, 2.24) is 0 Å². The van der Waals surface area contributed by atoms with Crippen molar-refractivity contribution in [2.45, 2.75) is 19.3 Å². The molecule has 0 saturated heterocycles. The van der Waals surface area contributed by atoms with Gasteiger partial charge in [-0.2, -0.15) is 5.26 Å².